The average molecular weight is 224 g/mol. The van der Waals surface area contributed by atoms with Gasteiger partial charge in [0.25, 0.3) is 0 Å². The van der Waals surface area contributed by atoms with Gasteiger partial charge in [0.15, 0.2) is 0 Å². The summed E-state index contributed by atoms with van der Waals surface area (Å²) >= 11 is 0. The Hall–Kier alpha value is -2.24. The summed E-state index contributed by atoms with van der Waals surface area (Å²) in [6.07, 6.45) is -0.697. The molecule has 0 saturated heterocycles. The zero-order valence-corrected chi connectivity index (χ0v) is 8.89. The molecule has 0 unspecified atom stereocenters. The zero-order chi connectivity index (χ0) is 12.1. The number of hydrogen-bond donors (Lipinski definition) is 3. The van der Waals surface area contributed by atoms with E-state index in [-0.39, 0.29) is 11.5 Å². The second kappa shape index (κ2) is 5.01. The molecule has 1 rings (SSSR count). The largest absolute Gasteiger partial charge is 0.508 e. The van der Waals surface area contributed by atoms with Crippen molar-refractivity contribution in [1.29, 1.82) is 0 Å². The Labute approximate surface area is 92.2 Å². The maximum atomic E-state index is 10.7. The minimum absolute atomic E-state index is 0.0463. The summed E-state index contributed by atoms with van der Waals surface area (Å²) in [6, 6.07) is 4.08. The Morgan fingerprint density at radius 2 is 2.12 bits per heavy atom. The molecule has 1 amide bonds. The predicted octanol–water partition coefficient (Wildman–Crippen LogP) is 1.18. The molecule has 0 fully saturated rings. The number of hydrazone groups is 1. The molecule has 0 bridgehead atoms. The highest BCUT2D eigenvalue weighted by Gasteiger charge is 2.06. The minimum Gasteiger partial charge on any atom is -0.508 e. The van der Waals surface area contributed by atoms with Gasteiger partial charge in [-0.1, -0.05) is 0 Å². The van der Waals surface area contributed by atoms with Gasteiger partial charge in [-0.15, -0.1) is 0 Å². The van der Waals surface area contributed by atoms with E-state index in [2.05, 4.69) is 15.3 Å². The molecule has 0 atom stereocenters. The summed E-state index contributed by atoms with van der Waals surface area (Å²) in [6.45, 7) is 1.60. The standard InChI is InChI=1S/C10H12N2O4/c1-6(11-12-10(15)16-2)8-4-3-7(13)5-9(8)14/h3-5,13-14H,1-2H3,(H,12,15)/b11-6+. The molecule has 3 N–H and O–H groups in total. The van der Waals surface area contributed by atoms with Crippen LogP contribution in [0.25, 0.3) is 0 Å². The zero-order valence-electron chi connectivity index (χ0n) is 8.89. The van der Waals surface area contributed by atoms with Crippen LogP contribution in [-0.4, -0.2) is 29.1 Å². The van der Waals surface area contributed by atoms with Gasteiger partial charge >= 0.3 is 6.09 Å². The van der Waals surface area contributed by atoms with Crippen molar-refractivity contribution in [3.63, 3.8) is 0 Å². The van der Waals surface area contributed by atoms with Crippen LogP contribution in [0.2, 0.25) is 0 Å². The number of nitrogens with one attached hydrogen (secondary N) is 1. The fourth-order valence-corrected chi connectivity index (χ4v) is 1.06. The monoisotopic (exact) mass is 224 g/mol. The quantitative estimate of drug-likeness (QED) is 0.519. The number of phenolic OH excluding ortho intramolecular Hbond substituents is 2. The van der Waals surface area contributed by atoms with Gasteiger partial charge in [0, 0.05) is 11.6 Å². The van der Waals surface area contributed by atoms with Crippen LogP contribution in [0.1, 0.15) is 12.5 Å². The molecule has 16 heavy (non-hydrogen) atoms. The van der Waals surface area contributed by atoms with Crippen molar-refractivity contribution < 1.29 is 19.7 Å². The molecule has 0 heterocycles. The van der Waals surface area contributed by atoms with Gasteiger partial charge in [0.1, 0.15) is 11.5 Å². The van der Waals surface area contributed by atoms with Crippen molar-refractivity contribution in [2.45, 2.75) is 6.92 Å². The van der Waals surface area contributed by atoms with Crippen molar-refractivity contribution >= 4 is 11.8 Å². The van der Waals surface area contributed by atoms with Gasteiger partial charge < -0.3 is 14.9 Å². The average Bonchev–Trinajstić information content (AvgIpc) is 2.25. The van der Waals surface area contributed by atoms with Crippen LogP contribution in [0.3, 0.4) is 0 Å². The normalized spacial score (nSPS) is 11.0. The maximum Gasteiger partial charge on any atom is 0.427 e. The number of nitrogens with zero attached hydrogens (tertiary/aromatic N) is 1. The minimum atomic E-state index is -0.697. The van der Waals surface area contributed by atoms with E-state index in [9.17, 15) is 9.90 Å². The Morgan fingerprint density at radius 3 is 2.69 bits per heavy atom. The second-order valence-electron chi connectivity index (χ2n) is 3.00. The first-order valence-corrected chi connectivity index (χ1v) is 4.45. The molecule has 0 aliphatic carbocycles. The molecule has 0 aromatic heterocycles. The summed E-state index contributed by atoms with van der Waals surface area (Å²) in [5, 5.41) is 22.3. The van der Waals surface area contributed by atoms with E-state index in [1.165, 1.54) is 25.3 Å². The lowest BCUT2D eigenvalue weighted by molar-refractivity contribution is 0.171. The number of methoxy groups -OCH3 is 1. The molecule has 0 aliphatic rings. The van der Waals surface area contributed by atoms with Crippen LogP contribution >= 0.6 is 0 Å². The van der Waals surface area contributed by atoms with Crippen molar-refractivity contribution in [1.82, 2.24) is 5.43 Å². The van der Waals surface area contributed by atoms with Crippen LogP contribution in [0.5, 0.6) is 11.5 Å². The van der Waals surface area contributed by atoms with E-state index in [0.29, 0.717) is 11.3 Å². The number of carbonyl (C=O) groups excluding carboxylic acids is 1. The Balaban J connectivity index is 2.87. The summed E-state index contributed by atoms with van der Waals surface area (Å²) in [7, 11) is 1.22. The highest BCUT2D eigenvalue weighted by molar-refractivity contribution is 6.01. The van der Waals surface area contributed by atoms with Crippen LogP contribution in [-0.2, 0) is 4.74 Å². The Kier molecular flexibility index (Phi) is 3.71. The second-order valence-corrected chi connectivity index (χ2v) is 3.00. The fourth-order valence-electron chi connectivity index (χ4n) is 1.06. The van der Waals surface area contributed by atoms with Crippen molar-refractivity contribution in [2.24, 2.45) is 5.10 Å². The van der Waals surface area contributed by atoms with Crippen molar-refractivity contribution in [3.05, 3.63) is 23.8 Å². The third-order valence-electron chi connectivity index (χ3n) is 1.87. The van der Waals surface area contributed by atoms with Crippen LogP contribution in [0.4, 0.5) is 4.79 Å². The SMILES string of the molecule is COC(=O)N/N=C(\C)c1ccc(O)cc1O. The van der Waals surface area contributed by atoms with E-state index in [1.54, 1.807) is 6.92 Å². The fraction of sp³-hybridized carbons (Fsp3) is 0.200. The number of carbonyl (C=O) groups is 1. The van der Waals surface area contributed by atoms with E-state index in [4.69, 9.17) is 5.11 Å². The first kappa shape index (κ1) is 11.8. The number of rotatable bonds is 2. The van der Waals surface area contributed by atoms with Gasteiger partial charge in [-0.05, 0) is 19.1 Å². The number of benzene rings is 1. The van der Waals surface area contributed by atoms with E-state index < -0.39 is 6.09 Å². The number of aromatic hydroxyl groups is 2. The summed E-state index contributed by atoms with van der Waals surface area (Å²) < 4.78 is 4.33. The van der Waals surface area contributed by atoms with Gasteiger partial charge in [-0.25, -0.2) is 10.2 Å². The summed E-state index contributed by atoms with van der Waals surface area (Å²) in [5.74, 6) is -0.164. The molecule has 6 heteroatoms. The Bertz CT molecular complexity index is 429. The van der Waals surface area contributed by atoms with Crippen molar-refractivity contribution in [3.8, 4) is 11.5 Å². The molecule has 6 nitrogen and oxygen atoms in total. The number of amides is 1. The Morgan fingerprint density at radius 1 is 1.44 bits per heavy atom. The third kappa shape index (κ3) is 2.88. The first-order valence-electron chi connectivity index (χ1n) is 4.45. The number of ether oxygens (including phenoxy) is 1. The summed E-state index contributed by atoms with van der Waals surface area (Å²) in [5.41, 5.74) is 2.93. The van der Waals surface area contributed by atoms with Gasteiger partial charge in [0.05, 0.1) is 12.8 Å². The molecule has 0 saturated carbocycles. The molecule has 86 valence electrons. The summed E-state index contributed by atoms with van der Waals surface area (Å²) in [4.78, 5) is 10.7. The van der Waals surface area contributed by atoms with Gasteiger partial charge in [0.2, 0.25) is 0 Å². The molecule has 0 spiro atoms. The lowest BCUT2D eigenvalue weighted by Crippen LogP contribution is -2.18. The molecular weight excluding hydrogens is 212 g/mol. The third-order valence-corrected chi connectivity index (χ3v) is 1.87. The smallest absolute Gasteiger partial charge is 0.427 e. The van der Waals surface area contributed by atoms with Gasteiger partial charge in [-0.3, -0.25) is 0 Å². The van der Waals surface area contributed by atoms with Gasteiger partial charge in [-0.2, -0.15) is 5.10 Å². The molecule has 1 aromatic rings. The lowest BCUT2D eigenvalue weighted by Gasteiger charge is -2.04. The molecule has 1 aromatic carbocycles. The van der Waals surface area contributed by atoms with Crippen LogP contribution in [0, 0.1) is 0 Å². The highest BCUT2D eigenvalue weighted by atomic mass is 16.5. The predicted molar refractivity (Wildman–Crippen MR) is 57.5 cm³/mol. The first-order chi connectivity index (χ1) is 7.54. The van der Waals surface area contributed by atoms with E-state index in [1.807, 2.05) is 0 Å². The topological polar surface area (TPSA) is 91.2 Å². The van der Waals surface area contributed by atoms with Crippen molar-refractivity contribution in [2.75, 3.05) is 7.11 Å². The van der Waals surface area contributed by atoms with Crippen LogP contribution in [0.15, 0.2) is 23.3 Å². The number of hydrogen-bond acceptors (Lipinski definition) is 5. The highest BCUT2D eigenvalue weighted by Crippen LogP contribution is 2.22. The molecule has 0 aliphatic heterocycles. The van der Waals surface area contributed by atoms with E-state index in [0.717, 1.165) is 0 Å². The molecule has 0 radical (unpaired) electrons. The molecular formula is C10H12N2O4. The van der Waals surface area contributed by atoms with Crippen LogP contribution < -0.4 is 5.43 Å². The maximum absolute atomic E-state index is 10.7. The van der Waals surface area contributed by atoms with E-state index >= 15 is 0 Å². The lowest BCUT2D eigenvalue weighted by atomic mass is 10.1. The number of phenols is 2.